The Kier molecular flexibility index (Phi) is 10.1. The summed E-state index contributed by atoms with van der Waals surface area (Å²) in [7, 11) is -11.1. The number of imidazole rings is 1. The zero-order valence-corrected chi connectivity index (χ0v) is 25.1. The average molecular weight is 585 g/mol. The number of nitrogens with zero attached hydrogens (tertiary/aromatic N) is 4. The smallest absolute Gasteiger partial charge is 0.756 e. The first-order valence-corrected chi connectivity index (χ1v) is 12.9. The van der Waals surface area contributed by atoms with Crippen molar-refractivity contribution in [2.45, 2.75) is 49.1 Å². The van der Waals surface area contributed by atoms with Crippen LogP contribution in [-0.4, -0.2) is 89.4 Å². The molecule has 5 N–H and O–H groups in total. The fourth-order valence-electron chi connectivity index (χ4n) is 4.02. The van der Waals surface area contributed by atoms with E-state index in [2.05, 4.69) is 23.3 Å². The largest absolute Gasteiger partial charge is 1.00 e. The van der Waals surface area contributed by atoms with Gasteiger partial charge in [-0.15, -0.1) is 0 Å². The number of hydrogen-bond donors (Lipinski definition) is 5. The molecule has 0 radical (unpaired) electrons. The van der Waals surface area contributed by atoms with Crippen LogP contribution >= 0.6 is 15.6 Å². The third-order valence-electron chi connectivity index (χ3n) is 5.77. The molecule has 37 heavy (non-hydrogen) atoms. The van der Waals surface area contributed by atoms with Crippen molar-refractivity contribution >= 4 is 26.8 Å². The van der Waals surface area contributed by atoms with Crippen LogP contribution in [0, 0.1) is 5.41 Å². The third kappa shape index (κ3) is 6.04. The van der Waals surface area contributed by atoms with Crippen molar-refractivity contribution < 1.29 is 121 Å². The van der Waals surface area contributed by atoms with Crippen molar-refractivity contribution in [2.75, 3.05) is 13.2 Å². The van der Waals surface area contributed by atoms with E-state index in [0.29, 0.717) is 0 Å². The molecule has 18 nitrogen and oxygen atoms in total. The SMILES string of the molecule is N=c1c2ncn3c2ncn1[C@@H]1O[C@H](COP(=O)([O-])OP(=O)([O-])OC[C@H]2O[C@@H]3[C@H](O)[C@@H]2O)[C@@H](O)[C@H]1O.[Na+].[Na+]. The van der Waals surface area contributed by atoms with Crippen molar-refractivity contribution in [3.05, 3.63) is 18.1 Å². The molecule has 0 aliphatic carbocycles. The van der Waals surface area contributed by atoms with Crippen molar-refractivity contribution in [3.8, 4) is 0 Å². The van der Waals surface area contributed by atoms with Crippen LogP contribution in [-0.2, 0) is 32.0 Å². The molecule has 2 fully saturated rings. The Hall–Kier alpha value is 0.370. The molecule has 0 amide bonds. The van der Waals surface area contributed by atoms with E-state index in [9.17, 15) is 39.3 Å². The van der Waals surface area contributed by atoms with Gasteiger partial charge in [-0.25, -0.2) is 14.3 Å². The topological polar surface area (TPSA) is 267 Å². The molecular weight excluding hydrogens is 566 g/mol. The molecule has 2 saturated heterocycles. The van der Waals surface area contributed by atoms with Gasteiger partial charge in [-0.3, -0.25) is 23.7 Å². The predicted molar refractivity (Wildman–Crippen MR) is 101 cm³/mol. The summed E-state index contributed by atoms with van der Waals surface area (Å²) >= 11 is 0. The van der Waals surface area contributed by atoms with Crippen molar-refractivity contribution in [1.29, 1.82) is 5.41 Å². The summed E-state index contributed by atoms with van der Waals surface area (Å²) in [6.45, 7) is -1.89. The molecule has 194 valence electrons. The first-order chi connectivity index (χ1) is 16.4. The van der Waals surface area contributed by atoms with E-state index in [0.717, 1.165) is 17.2 Å². The number of aromatic nitrogens is 4. The molecule has 0 spiro atoms. The van der Waals surface area contributed by atoms with Gasteiger partial charge < -0.3 is 48.7 Å². The van der Waals surface area contributed by atoms with Crippen molar-refractivity contribution in [3.63, 3.8) is 0 Å². The van der Waals surface area contributed by atoms with Crippen LogP contribution in [0.3, 0.4) is 0 Å². The quantitative estimate of drug-likeness (QED) is 0.142. The Morgan fingerprint density at radius 1 is 0.838 bits per heavy atom. The number of ether oxygens (including phenoxy) is 2. The van der Waals surface area contributed by atoms with E-state index in [1.165, 1.54) is 4.57 Å². The molecule has 6 heterocycles. The van der Waals surface area contributed by atoms with Gasteiger partial charge in [-0.05, 0) is 0 Å². The molecule has 4 aliphatic heterocycles. The summed E-state index contributed by atoms with van der Waals surface area (Å²) in [5.74, 6) is 0. The zero-order valence-electron chi connectivity index (χ0n) is 19.3. The van der Waals surface area contributed by atoms with Gasteiger partial charge in [0.05, 0.1) is 19.5 Å². The van der Waals surface area contributed by atoms with E-state index in [4.69, 9.17) is 14.9 Å². The summed E-state index contributed by atoms with van der Waals surface area (Å²) in [6.07, 6.45) is -10.1. The molecule has 22 heteroatoms. The van der Waals surface area contributed by atoms with Crippen molar-refractivity contribution in [2.24, 2.45) is 0 Å². The molecule has 4 aliphatic rings. The van der Waals surface area contributed by atoms with Crippen LogP contribution in [0.15, 0.2) is 12.7 Å². The van der Waals surface area contributed by atoms with Gasteiger partial charge in [0.15, 0.2) is 29.1 Å². The number of phosphoric acid groups is 2. The molecule has 10 atom stereocenters. The second-order valence-electron chi connectivity index (χ2n) is 7.98. The predicted octanol–water partition coefficient (Wildman–Crippen LogP) is -10.0. The fourth-order valence-corrected chi connectivity index (χ4v) is 6.03. The fraction of sp³-hybridized carbons (Fsp3) is 0.667. The number of nitrogens with one attached hydrogen (secondary N) is 1. The monoisotopic (exact) mass is 585 g/mol. The Morgan fingerprint density at radius 3 is 1.81 bits per heavy atom. The van der Waals surface area contributed by atoms with Gasteiger partial charge in [0.25, 0.3) is 15.6 Å². The zero-order chi connectivity index (χ0) is 25.3. The van der Waals surface area contributed by atoms with Gasteiger partial charge in [0.2, 0.25) is 0 Å². The summed E-state index contributed by atoms with van der Waals surface area (Å²) in [5.41, 5.74) is -0.334. The van der Waals surface area contributed by atoms with Crippen LogP contribution in [0.5, 0.6) is 0 Å². The van der Waals surface area contributed by atoms with Crippen LogP contribution < -0.4 is 74.4 Å². The number of aliphatic hydroxyl groups excluding tert-OH is 4. The van der Waals surface area contributed by atoms with E-state index in [1.54, 1.807) is 0 Å². The van der Waals surface area contributed by atoms with Crippen LogP contribution in [0.1, 0.15) is 12.5 Å². The van der Waals surface area contributed by atoms with Gasteiger partial charge in [0, 0.05) is 0 Å². The van der Waals surface area contributed by atoms with E-state index >= 15 is 0 Å². The van der Waals surface area contributed by atoms with E-state index in [-0.39, 0.29) is 75.8 Å². The maximum Gasteiger partial charge on any atom is 1.00 e. The number of aliphatic hydroxyl groups is 4. The molecule has 2 unspecified atom stereocenters. The summed E-state index contributed by atoms with van der Waals surface area (Å²) in [4.78, 5) is 32.2. The molecule has 6 rings (SSSR count). The molecule has 8 bridgehead atoms. The Labute approximate surface area is 251 Å². The van der Waals surface area contributed by atoms with Crippen LogP contribution in [0.4, 0.5) is 0 Å². The van der Waals surface area contributed by atoms with Crippen LogP contribution in [0.2, 0.25) is 0 Å². The maximum absolute atomic E-state index is 12.0. The number of rotatable bonds is 0. The first-order valence-electron chi connectivity index (χ1n) is 10.0. The molecular formula is C15H19N5Na2O13P2. The standard InChI is InChI=1S/C15H21N5O13P2.2Na/c16-12-7-13-18-4-19(12)14-10(23)8(21)5(31-14)1-29-34(25,26)33-35(27,28)30-2-6-9(22)11(24)15(32-6)20(13)3-17-7;;/h3-6,8-11,14-16,21-24H,1-2H2,(H,25,26)(H,27,28);;/q;2*+1/p-2/t5-,6-,8-,9-,10-,11-,14-,15-;;/m1../s1. The summed E-state index contributed by atoms with van der Waals surface area (Å²) in [5, 5.41) is 49.9. The first kappa shape index (κ1) is 31.9. The number of phosphoric ester groups is 2. The minimum Gasteiger partial charge on any atom is -0.756 e. The third-order valence-corrected chi connectivity index (χ3v) is 8.30. The van der Waals surface area contributed by atoms with E-state index in [1.807, 2.05) is 0 Å². The molecule has 0 saturated carbocycles. The minimum absolute atomic E-state index is 0. The number of fused-ring (bicyclic) bond motifs is 7. The van der Waals surface area contributed by atoms with Gasteiger partial charge in [-0.2, -0.15) is 0 Å². The summed E-state index contributed by atoms with van der Waals surface area (Å²) in [6, 6.07) is 0. The van der Waals surface area contributed by atoms with Gasteiger partial charge >= 0.3 is 59.1 Å². The normalized spacial score (nSPS) is 42.2. The average Bonchev–Trinajstić information content (AvgIpc) is 3.41. The maximum atomic E-state index is 12.0. The van der Waals surface area contributed by atoms with Gasteiger partial charge in [0.1, 0.15) is 43.0 Å². The second kappa shape index (κ2) is 11.7. The van der Waals surface area contributed by atoms with Crippen LogP contribution in [0.25, 0.3) is 11.2 Å². The second-order valence-corrected chi connectivity index (χ2v) is 10.9. The van der Waals surface area contributed by atoms with Gasteiger partial charge in [-0.1, -0.05) is 0 Å². The minimum atomic E-state index is -5.57. The Bertz CT molecular complexity index is 1300. The molecule has 2 aromatic rings. The summed E-state index contributed by atoms with van der Waals surface area (Å²) < 4.78 is 50.1. The Balaban J connectivity index is 0.00000190. The van der Waals surface area contributed by atoms with E-state index < -0.39 is 77.9 Å². The van der Waals surface area contributed by atoms with Crippen molar-refractivity contribution in [1.82, 2.24) is 19.1 Å². The Morgan fingerprint density at radius 2 is 1.30 bits per heavy atom. The molecule has 2 aromatic heterocycles. The molecule has 0 aromatic carbocycles. The number of hydrogen-bond acceptors (Lipinski definition) is 16.